The summed E-state index contributed by atoms with van der Waals surface area (Å²) in [5.41, 5.74) is 8.16. The summed E-state index contributed by atoms with van der Waals surface area (Å²) in [5, 5.41) is 4.84. The van der Waals surface area contributed by atoms with E-state index in [1.807, 2.05) is 57.2 Å². The van der Waals surface area contributed by atoms with Crippen molar-refractivity contribution in [1.82, 2.24) is 9.99 Å². The van der Waals surface area contributed by atoms with Crippen LogP contribution in [0.4, 0.5) is 0 Å². The Bertz CT molecular complexity index is 1040. The molecule has 0 radical (unpaired) electrons. The summed E-state index contributed by atoms with van der Waals surface area (Å²) in [5.74, 6) is -0.258. The number of hydrogen-bond donors (Lipinski definition) is 1. The van der Waals surface area contributed by atoms with Crippen LogP contribution < -0.4 is 5.43 Å². The largest absolute Gasteiger partial charge is 0.318 e. The Morgan fingerprint density at radius 1 is 1.15 bits per heavy atom. The number of amides is 1. The smallest absolute Gasteiger partial charge is 0.271 e. The summed E-state index contributed by atoms with van der Waals surface area (Å²) in [7, 11) is 0. The van der Waals surface area contributed by atoms with Crippen molar-refractivity contribution >= 4 is 39.7 Å². The topological polar surface area (TPSA) is 46.4 Å². The van der Waals surface area contributed by atoms with Gasteiger partial charge in [0, 0.05) is 37.7 Å². The average molecular weight is 445 g/mol. The average Bonchev–Trinajstić information content (AvgIpc) is 2.91. The van der Waals surface area contributed by atoms with Gasteiger partial charge in [0.1, 0.15) is 0 Å². The summed E-state index contributed by atoms with van der Waals surface area (Å²) in [6, 6.07) is 15.2. The summed E-state index contributed by atoms with van der Waals surface area (Å²) >= 11 is 9.63. The fourth-order valence-electron chi connectivity index (χ4n) is 2.89. The molecule has 0 saturated heterocycles. The number of hydrazone groups is 1. The van der Waals surface area contributed by atoms with E-state index in [1.54, 1.807) is 18.3 Å². The number of nitrogens with one attached hydrogen (secondary N) is 1. The number of carbonyl (C=O) groups is 1. The normalized spacial score (nSPS) is 11.1. The quantitative estimate of drug-likeness (QED) is 0.414. The van der Waals surface area contributed by atoms with Gasteiger partial charge in [0.15, 0.2) is 0 Å². The Morgan fingerprint density at radius 3 is 2.63 bits per heavy atom. The number of aryl methyl sites for hydroxylation is 2. The second kappa shape index (κ2) is 8.11. The predicted molar refractivity (Wildman–Crippen MR) is 114 cm³/mol. The molecule has 0 atom stereocenters. The molecule has 0 aliphatic heterocycles. The van der Waals surface area contributed by atoms with Crippen LogP contribution in [0.5, 0.6) is 0 Å². The molecule has 0 unspecified atom stereocenters. The summed E-state index contributed by atoms with van der Waals surface area (Å²) in [4.78, 5) is 12.2. The minimum absolute atomic E-state index is 0.258. The first kappa shape index (κ1) is 19.4. The van der Waals surface area contributed by atoms with Gasteiger partial charge in [-0.2, -0.15) is 5.10 Å². The van der Waals surface area contributed by atoms with Crippen LogP contribution in [-0.4, -0.2) is 16.7 Å². The van der Waals surface area contributed by atoms with Crippen LogP contribution in [0, 0.1) is 20.8 Å². The third kappa shape index (κ3) is 4.31. The van der Waals surface area contributed by atoms with Crippen molar-refractivity contribution in [2.45, 2.75) is 20.8 Å². The lowest BCUT2D eigenvalue weighted by molar-refractivity contribution is 0.0955. The molecular formula is C21H19BrClN3O. The van der Waals surface area contributed by atoms with E-state index in [-0.39, 0.29) is 5.91 Å². The van der Waals surface area contributed by atoms with Gasteiger partial charge < -0.3 is 4.57 Å². The monoisotopic (exact) mass is 443 g/mol. The highest BCUT2D eigenvalue weighted by Crippen LogP contribution is 2.24. The molecule has 3 aromatic rings. The van der Waals surface area contributed by atoms with Crippen molar-refractivity contribution in [3.63, 3.8) is 0 Å². The van der Waals surface area contributed by atoms with E-state index >= 15 is 0 Å². The molecule has 1 aromatic heterocycles. The van der Waals surface area contributed by atoms with E-state index < -0.39 is 0 Å². The molecule has 3 rings (SSSR count). The van der Waals surface area contributed by atoms with Gasteiger partial charge in [-0.1, -0.05) is 39.7 Å². The minimum atomic E-state index is -0.258. The lowest BCUT2D eigenvalue weighted by Crippen LogP contribution is -2.17. The lowest BCUT2D eigenvalue weighted by Gasteiger charge is -2.11. The fourth-order valence-corrected chi connectivity index (χ4v) is 3.47. The SMILES string of the molecule is Cc1ccc(-n2c(C)cc(/C=N\NC(=O)c3cccc(Br)c3)c2C)cc1Cl. The van der Waals surface area contributed by atoms with E-state index in [4.69, 9.17) is 11.6 Å². The maximum absolute atomic E-state index is 12.2. The Morgan fingerprint density at radius 2 is 1.93 bits per heavy atom. The number of carbonyl (C=O) groups excluding carboxylic acids is 1. The van der Waals surface area contributed by atoms with E-state index in [0.717, 1.165) is 37.7 Å². The van der Waals surface area contributed by atoms with Crippen LogP contribution in [0.25, 0.3) is 5.69 Å². The highest BCUT2D eigenvalue weighted by Gasteiger charge is 2.11. The van der Waals surface area contributed by atoms with Crippen LogP contribution in [-0.2, 0) is 0 Å². The molecule has 0 aliphatic carbocycles. The maximum Gasteiger partial charge on any atom is 0.271 e. The van der Waals surface area contributed by atoms with Crippen molar-refractivity contribution in [2.75, 3.05) is 0 Å². The second-order valence-electron chi connectivity index (χ2n) is 6.30. The Hall–Kier alpha value is -2.37. The highest BCUT2D eigenvalue weighted by molar-refractivity contribution is 9.10. The van der Waals surface area contributed by atoms with Gasteiger partial charge in [-0.25, -0.2) is 5.43 Å². The molecular weight excluding hydrogens is 426 g/mol. The van der Waals surface area contributed by atoms with Crippen molar-refractivity contribution in [3.8, 4) is 5.69 Å². The first-order valence-corrected chi connectivity index (χ1v) is 9.58. The van der Waals surface area contributed by atoms with Crippen LogP contribution >= 0.6 is 27.5 Å². The molecule has 0 bridgehead atoms. The summed E-state index contributed by atoms with van der Waals surface area (Å²) < 4.78 is 2.96. The Balaban J connectivity index is 1.81. The van der Waals surface area contributed by atoms with Crippen LogP contribution in [0.1, 0.15) is 32.9 Å². The number of benzene rings is 2. The van der Waals surface area contributed by atoms with Gasteiger partial charge in [0.05, 0.1) is 6.21 Å². The van der Waals surface area contributed by atoms with E-state index in [0.29, 0.717) is 5.56 Å². The summed E-state index contributed by atoms with van der Waals surface area (Å²) in [6.07, 6.45) is 1.66. The first-order chi connectivity index (χ1) is 12.9. The van der Waals surface area contributed by atoms with Crippen molar-refractivity contribution in [3.05, 3.63) is 86.1 Å². The molecule has 138 valence electrons. The number of nitrogens with zero attached hydrogens (tertiary/aromatic N) is 2. The van der Waals surface area contributed by atoms with Gasteiger partial charge in [0.25, 0.3) is 5.91 Å². The number of aromatic nitrogens is 1. The molecule has 2 aromatic carbocycles. The standard InChI is InChI=1S/C21H19BrClN3O/c1-13-7-8-19(11-20(13)23)26-14(2)9-17(15(26)3)12-24-25-21(27)16-5-4-6-18(22)10-16/h4-12H,1-3H3,(H,25,27)/b24-12-. The highest BCUT2D eigenvalue weighted by atomic mass is 79.9. The van der Waals surface area contributed by atoms with Crippen LogP contribution in [0.2, 0.25) is 5.02 Å². The van der Waals surface area contributed by atoms with Gasteiger partial charge in [-0.15, -0.1) is 0 Å². The number of rotatable bonds is 4. The molecule has 1 N–H and O–H groups in total. The third-order valence-electron chi connectivity index (χ3n) is 4.34. The molecule has 1 heterocycles. The van der Waals surface area contributed by atoms with Crippen molar-refractivity contribution in [2.24, 2.45) is 5.10 Å². The van der Waals surface area contributed by atoms with E-state index in [2.05, 4.69) is 31.0 Å². The molecule has 1 amide bonds. The zero-order chi connectivity index (χ0) is 19.6. The van der Waals surface area contributed by atoms with Crippen molar-refractivity contribution in [1.29, 1.82) is 0 Å². The van der Waals surface area contributed by atoms with Crippen LogP contribution in [0.3, 0.4) is 0 Å². The zero-order valence-electron chi connectivity index (χ0n) is 15.3. The van der Waals surface area contributed by atoms with Gasteiger partial charge in [-0.3, -0.25) is 4.79 Å². The Labute approximate surface area is 172 Å². The molecule has 27 heavy (non-hydrogen) atoms. The molecule has 0 spiro atoms. The van der Waals surface area contributed by atoms with Gasteiger partial charge in [-0.05, 0) is 62.7 Å². The van der Waals surface area contributed by atoms with Crippen molar-refractivity contribution < 1.29 is 4.79 Å². The minimum Gasteiger partial charge on any atom is -0.318 e. The summed E-state index contributed by atoms with van der Waals surface area (Å²) in [6.45, 7) is 6.02. The second-order valence-corrected chi connectivity index (χ2v) is 7.63. The van der Waals surface area contributed by atoms with Gasteiger partial charge >= 0.3 is 0 Å². The van der Waals surface area contributed by atoms with E-state index in [1.165, 1.54) is 0 Å². The van der Waals surface area contributed by atoms with Crippen LogP contribution in [0.15, 0.2) is 58.1 Å². The lowest BCUT2D eigenvalue weighted by atomic mass is 10.2. The zero-order valence-corrected chi connectivity index (χ0v) is 17.6. The number of halogens is 2. The molecule has 0 aliphatic rings. The maximum atomic E-state index is 12.2. The fraction of sp³-hybridized carbons (Fsp3) is 0.143. The molecule has 0 fully saturated rings. The number of hydrogen-bond acceptors (Lipinski definition) is 2. The van der Waals surface area contributed by atoms with Gasteiger partial charge in [0.2, 0.25) is 0 Å². The predicted octanol–water partition coefficient (Wildman–Crippen LogP) is 5.58. The third-order valence-corrected chi connectivity index (χ3v) is 5.24. The molecule has 0 saturated carbocycles. The first-order valence-electron chi connectivity index (χ1n) is 8.41. The van der Waals surface area contributed by atoms with E-state index in [9.17, 15) is 4.79 Å². The molecule has 4 nitrogen and oxygen atoms in total. The Kier molecular flexibility index (Phi) is 5.82. The molecule has 6 heteroatoms.